The number of ether oxygens (including phenoxy) is 1. The van der Waals surface area contributed by atoms with Crippen LogP contribution in [0.5, 0.6) is 0 Å². The van der Waals surface area contributed by atoms with Gasteiger partial charge in [-0.3, -0.25) is 4.79 Å². The van der Waals surface area contributed by atoms with Gasteiger partial charge in [-0.25, -0.2) is 0 Å². The molecule has 0 N–H and O–H groups in total. The minimum absolute atomic E-state index is 0. The second-order valence-corrected chi connectivity index (χ2v) is 4.51. The summed E-state index contributed by atoms with van der Waals surface area (Å²) in [6, 6.07) is 0. The fourth-order valence-corrected chi connectivity index (χ4v) is 1.55. The lowest BCUT2D eigenvalue weighted by atomic mass is 10.1. The van der Waals surface area contributed by atoms with Gasteiger partial charge in [0.2, 0.25) is 0 Å². The lowest BCUT2D eigenvalue weighted by Gasteiger charge is -2.21. The van der Waals surface area contributed by atoms with Crippen molar-refractivity contribution in [2.24, 2.45) is 5.92 Å². The van der Waals surface area contributed by atoms with Gasteiger partial charge in [-0.1, -0.05) is 12.8 Å². The van der Waals surface area contributed by atoms with Crippen molar-refractivity contribution in [2.75, 3.05) is 0 Å². The first kappa shape index (κ1) is 12.8. The fourth-order valence-electron chi connectivity index (χ4n) is 1.55. The van der Waals surface area contributed by atoms with Crippen molar-refractivity contribution in [2.45, 2.75) is 52.1 Å². The highest BCUT2D eigenvalue weighted by molar-refractivity contribution is 5.85. The van der Waals surface area contributed by atoms with Crippen LogP contribution in [0.2, 0.25) is 0 Å². The van der Waals surface area contributed by atoms with E-state index >= 15 is 0 Å². The number of halogens is 1. The predicted molar refractivity (Wildman–Crippen MR) is 55.1 cm³/mol. The maximum atomic E-state index is 11.4. The average Bonchev–Trinajstić information content (AvgIpc) is 2.32. The van der Waals surface area contributed by atoms with E-state index in [-0.39, 0.29) is 29.9 Å². The van der Waals surface area contributed by atoms with Crippen molar-refractivity contribution in [3.05, 3.63) is 0 Å². The third-order valence-corrected chi connectivity index (χ3v) is 2.10. The maximum absolute atomic E-state index is 11.4. The predicted octanol–water partition coefficient (Wildman–Crippen LogP) is 2.94. The molecule has 78 valence electrons. The van der Waals surface area contributed by atoms with Gasteiger partial charge in [-0.15, -0.1) is 12.4 Å². The van der Waals surface area contributed by atoms with Crippen LogP contribution in [-0.4, -0.2) is 11.6 Å². The summed E-state index contributed by atoms with van der Waals surface area (Å²) < 4.78 is 5.28. The molecule has 13 heavy (non-hydrogen) atoms. The number of hydrogen-bond acceptors (Lipinski definition) is 2. The minimum Gasteiger partial charge on any atom is -0.460 e. The normalized spacial score (nSPS) is 18.1. The Kier molecular flexibility index (Phi) is 4.76. The number of hydrogen-bond donors (Lipinski definition) is 0. The average molecular weight is 207 g/mol. The maximum Gasteiger partial charge on any atom is 0.309 e. The third-order valence-electron chi connectivity index (χ3n) is 2.10. The molecule has 0 spiro atoms. The summed E-state index contributed by atoms with van der Waals surface area (Å²) in [6.07, 6.45) is 4.41. The summed E-state index contributed by atoms with van der Waals surface area (Å²) in [5.74, 6) is 0.184. The zero-order valence-electron chi connectivity index (χ0n) is 8.63. The molecule has 2 nitrogen and oxygen atoms in total. The quantitative estimate of drug-likeness (QED) is 0.617. The molecule has 1 aliphatic rings. The molecule has 3 heteroatoms. The van der Waals surface area contributed by atoms with Crippen LogP contribution in [0.15, 0.2) is 0 Å². The fraction of sp³-hybridized carbons (Fsp3) is 0.900. The third kappa shape index (κ3) is 4.51. The van der Waals surface area contributed by atoms with Gasteiger partial charge in [-0.2, -0.15) is 0 Å². The Morgan fingerprint density at radius 3 is 2.08 bits per heavy atom. The molecule has 0 bridgehead atoms. The zero-order valence-corrected chi connectivity index (χ0v) is 9.45. The number of rotatable bonds is 1. The second kappa shape index (κ2) is 4.85. The molecule has 0 aliphatic heterocycles. The first-order valence-electron chi connectivity index (χ1n) is 4.72. The van der Waals surface area contributed by atoms with Crippen LogP contribution in [0, 0.1) is 5.92 Å². The number of carbonyl (C=O) groups is 1. The molecule has 0 heterocycles. The molecule has 0 aromatic heterocycles. The highest BCUT2D eigenvalue weighted by Crippen LogP contribution is 2.27. The zero-order chi connectivity index (χ0) is 9.19. The van der Waals surface area contributed by atoms with Crippen molar-refractivity contribution in [3.8, 4) is 0 Å². The van der Waals surface area contributed by atoms with Crippen molar-refractivity contribution in [3.63, 3.8) is 0 Å². The molecule has 0 aromatic rings. The molecule has 0 unspecified atom stereocenters. The Bertz CT molecular complexity index is 166. The van der Waals surface area contributed by atoms with Crippen LogP contribution in [0.25, 0.3) is 0 Å². The van der Waals surface area contributed by atoms with E-state index in [1.54, 1.807) is 0 Å². The molecule has 1 fully saturated rings. The standard InChI is InChI=1S/C10H18O2.ClH/c1-10(2,3)12-9(11)8-6-4-5-7-8;/h8H,4-7H2,1-3H3;1H. The Labute approximate surface area is 86.4 Å². The second-order valence-electron chi connectivity index (χ2n) is 4.51. The van der Waals surface area contributed by atoms with E-state index in [4.69, 9.17) is 4.74 Å². The smallest absolute Gasteiger partial charge is 0.309 e. The van der Waals surface area contributed by atoms with Gasteiger partial charge in [0.05, 0.1) is 5.92 Å². The first-order valence-corrected chi connectivity index (χ1v) is 4.72. The molecular weight excluding hydrogens is 188 g/mol. The van der Waals surface area contributed by atoms with E-state index < -0.39 is 0 Å². The molecule has 0 saturated heterocycles. The van der Waals surface area contributed by atoms with E-state index in [2.05, 4.69) is 0 Å². The Morgan fingerprint density at radius 2 is 1.69 bits per heavy atom. The summed E-state index contributed by atoms with van der Waals surface area (Å²) in [5, 5.41) is 0. The SMILES string of the molecule is CC(C)(C)OC(=O)C1CCCC1.Cl. The number of carbonyl (C=O) groups excluding carboxylic acids is 1. The topological polar surface area (TPSA) is 26.3 Å². The summed E-state index contributed by atoms with van der Waals surface area (Å²) in [5.41, 5.74) is -0.320. The summed E-state index contributed by atoms with van der Waals surface area (Å²) in [4.78, 5) is 11.4. The number of esters is 1. The lowest BCUT2D eigenvalue weighted by Crippen LogP contribution is -2.27. The molecule has 0 atom stereocenters. The van der Waals surface area contributed by atoms with E-state index in [0.717, 1.165) is 12.8 Å². The van der Waals surface area contributed by atoms with Crippen LogP contribution < -0.4 is 0 Å². The monoisotopic (exact) mass is 206 g/mol. The van der Waals surface area contributed by atoms with Gasteiger partial charge in [-0.05, 0) is 33.6 Å². The highest BCUT2D eigenvalue weighted by Gasteiger charge is 2.27. The van der Waals surface area contributed by atoms with Crippen LogP contribution in [-0.2, 0) is 9.53 Å². The highest BCUT2D eigenvalue weighted by atomic mass is 35.5. The summed E-state index contributed by atoms with van der Waals surface area (Å²) in [7, 11) is 0. The van der Waals surface area contributed by atoms with Gasteiger partial charge >= 0.3 is 5.97 Å². The van der Waals surface area contributed by atoms with E-state index in [1.165, 1.54) is 12.8 Å². The minimum atomic E-state index is -0.320. The van der Waals surface area contributed by atoms with E-state index in [0.29, 0.717) is 0 Å². The van der Waals surface area contributed by atoms with Crippen LogP contribution in [0.1, 0.15) is 46.5 Å². The van der Waals surface area contributed by atoms with Gasteiger partial charge in [0, 0.05) is 0 Å². The summed E-state index contributed by atoms with van der Waals surface area (Å²) in [6.45, 7) is 5.75. The largest absolute Gasteiger partial charge is 0.460 e. The van der Waals surface area contributed by atoms with Gasteiger partial charge < -0.3 is 4.74 Å². The summed E-state index contributed by atoms with van der Waals surface area (Å²) >= 11 is 0. The van der Waals surface area contributed by atoms with Crippen molar-refractivity contribution in [1.82, 2.24) is 0 Å². The van der Waals surface area contributed by atoms with Gasteiger partial charge in [0.25, 0.3) is 0 Å². The van der Waals surface area contributed by atoms with Crippen LogP contribution >= 0.6 is 12.4 Å². The Balaban J connectivity index is 0.00000144. The lowest BCUT2D eigenvalue weighted by molar-refractivity contribution is -0.159. The van der Waals surface area contributed by atoms with E-state index in [9.17, 15) is 4.79 Å². The molecule has 0 radical (unpaired) electrons. The van der Waals surface area contributed by atoms with E-state index in [1.807, 2.05) is 20.8 Å². The first-order chi connectivity index (χ1) is 5.49. The van der Waals surface area contributed by atoms with Crippen molar-refractivity contribution < 1.29 is 9.53 Å². The Hall–Kier alpha value is -0.240. The van der Waals surface area contributed by atoms with Crippen molar-refractivity contribution >= 4 is 18.4 Å². The van der Waals surface area contributed by atoms with Crippen LogP contribution in [0.3, 0.4) is 0 Å². The molecular formula is C10H19ClO2. The molecule has 0 aromatic carbocycles. The van der Waals surface area contributed by atoms with Crippen LogP contribution in [0.4, 0.5) is 0 Å². The van der Waals surface area contributed by atoms with Gasteiger partial charge in [0.1, 0.15) is 5.60 Å². The molecule has 1 rings (SSSR count). The van der Waals surface area contributed by atoms with Crippen molar-refractivity contribution in [1.29, 1.82) is 0 Å². The molecule has 1 aliphatic carbocycles. The molecule has 1 saturated carbocycles. The molecule has 0 amide bonds. The Morgan fingerprint density at radius 1 is 1.23 bits per heavy atom. The van der Waals surface area contributed by atoms with Gasteiger partial charge in [0.15, 0.2) is 0 Å².